The average molecular weight is 533 g/mol. The summed E-state index contributed by atoms with van der Waals surface area (Å²) in [5, 5.41) is 0. The molecule has 0 nitrogen and oxygen atoms in total. The Kier molecular flexibility index (Phi) is 29.9. The molecule has 11 fully saturated rings. The molecule has 0 aliphatic heterocycles. The summed E-state index contributed by atoms with van der Waals surface area (Å²) < 4.78 is 0. The highest BCUT2D eigenvalue weighted by molar-refractivity contribution is 4.72. The van der Waals surface area contributed by atoms with Crippen molar-refractivity contribution in [2.24, 2.45) is 5.92 Å². The normalized spacial score (nSPS) is 23.0. The Hall–Kier alpha value is 0. The summed E-state index contributed by atoms with van der Waals surface area (Å²) in [6, 6.07) is 0. The van der Waals surface area contributed by atoms with Crippen molar-refractivity contribution in [3.05, 3.63) is 0 Å². The lowest BCUT2D eigenvalue weighted by Gasteiger charge is -1.92. The molecule has 0 radical (unpaired) electrons. The Labute approximate surface area is 243 Å². The maximum atomic E-state index is 2.27. The number of hydrogen-bond acceptors (Lipinski definition) is 0. The third-order valence-corrected chi connectivity index (χ3v) is 5.45. The van der Waals surface area contributed by atoms with Crippen molar-refractivity contribution in [3.63, 3.8) is 0 Å². The second kappa shape index (κ2) is 31.5. The van der Waals surface area contributed by atoms with Crippen molar-refractivity contribution < 1.29 is 0 Å². The molecule has 0 heterocycles. The molecule has 0 saturated heterocycles. The maximum Gasteiger partial charge on any atom is -0.0414 e. The number of hydrogen-bond donors (Lipinski definition) is 0. The van der Waals surface area contributed by atoms with Crippen LogP contribution in [0.2, 0.25) is 0 Å². The van der Waals surface area contributed by atoms with E-state index >= 15 is 0 Å². The molecule has 0 N–H and O–H groups in total. The van der Waals surface area contributed by atoms with Crippen LogP contribution >= 0.6 is 0 Å². The van der Waals surface area contributed by atoms with Crippen molar-refractivity contribution in [1.82, 2.24) is 0 Å². The molecule has 0 aromatic rings. The van der Waals surface area contributed by atoms with Crippen LogP contribution in [-0.2, 0) is 0 Å². The molecule has 0 unspecified atom stereocenters. The molecular formula is C38H76. The summed E-state index contributed by atoms with van der Waals surface area (Å²) in [5.41, 5.74) is 0. The minimum Gasteiger partial charge on any atom is -0.0654 e. The highest BCUT2D eigenvalue weighted by Crippen LogP contribution is 2.33. The quantitative estimate of drug-likeness (QED) is 0.316. The molecule has 0 heteroatoms. The summed E-state index contributed by atoms with van der Waals surface area (Å²) in [7, 11) is 0. The van der Waals surface area contributed by atoms with Gasteiger partial charge in [0.2, 0.25) is 0 Å². The van der Waals surface area contributed by atoms with E-state index in [9.17, 15) is 0 Å². The molecule has 11 rings (SSSR count). The first-order chi connectivity index (χ1) is 18.9. The molecule has 0 bridgehead atoms. The van der Waals surface area contributed by atoms with E-state index in [1.165, 1.54) is 231 Å². The highest BCUT2D eigenvalue weighted by Gasteiger charge is 2.19. The maximum absolute atomic E-state index is 2.27. The van der Waals surface area contributed by atoms with Crippen LogP contribution in [0.3, 0.4) is 0 Å². The van der Waals surface area contributed by atoms with Gasteiger partial charge in [0.15, 0.2) is 0 Å². The third kappa shape index (κ3) is 136. The molecule has 228 valence electrons. The average Bonchev–Trinajstić information content (AvgIpc) is 3.90. The second-order valence-electron chi connectivity index (χ2n) is 13.5. The zero-order valence-electron chi connectivity index (χ0n) is 27.0. The van der Waals surface area contributed by atoms with E-state index in [0.29, 0.717) is 0 Å². The summed E-state index contributed by atoms with van der Waals surface area (Å²) in [4.78, 5) is 0. The van der Waals surface area contributed by atoms with Gasteiger partial charge in [-0.3, -0.25) is 0 Å². The van der Waals surface area contributed by atoms with Gasteiger partial charge in [-0.25, -0.2) is 0 Å². The molecule has 0 aromatic carbocycles. The van der Waals surface area contributed by atoms with Gasteiger partial charge in [-0.2, -0.15) is 0 Å². The third-order valence-electron chi connectivity index (χ3n) is 5.45. The predicted octanol–water partition coefficient (Wildman–Crippen LogP) is 14.7. The van der Waals surface area contributed by atoms with Crippen LogP contribution in [0.15, 0.2) is 0 Å². The van der Waals surface area contributed by atoms with Crippen molar-refractivity contribution in [2.45, 2.75) is 238 Å². The van der Waals surface area contributed by atoms with Crippen LogP contribution in [0.5, 0.6) is 0 Å². The lowest BCUT2D eigenvalue weighted by Crippen LogP contribution is -1.75. The van der Waals surface area contributed by atoms with E-state index in [1.807, 2.05) is 0 Å². The lowest BCUT2D eigenvalue weighted by molar-refractivity contribution is 0.620. The second-order valence-corrected chi connectivity index (χ2v) is 13.5. The molecule has 0 spiro atoms. The summed E-state index contributed by atoms with van der Waals surface area (Å²) in [6.45, 7) is 2.27. The molecule has 11 aliphatic carbocycles. The minimum atomic E-state index is 1.15. The molecule has 11 aliphatic rings. The van der Waals surface area contributed by atoms with Crippen LogP contribution < -0.4 is 0 Å². The Morgan fingerprint density at radius 1 is 0.289 bits per heavy atom. The van der Waals surface area contributed by atoms with E-state index in [0.717, 1.165) is 5.92 Å². The Bertz CT molecular complexity index is 261. The van der Waals surface area contributed by atoms with Crippen LogP contribution in [0.1, 0.15) is 238 Å². The van der Waals surface area contributed by atoms with Gasteiger partial charge in [0.25, 0.3) is 0 Å². The first-order valence-electron chi connectivity index (χ1n) is 18.9. The zero-order chi connectivity index (χ0) is 27.0. The fraction of sp³-hybridized carbons (Fsp3) is 1.00. The Morgan fingerprint density at radius 3 is 0.579 bits per heavy atom. The predicted molar refractivity (Wildman–Crippen MR) is 175 cm³/mol. The molecular weight excluding hydrogens is 456 g/mol. The van der Waals surface area contributed by atoms with E-state index in [4.69, 9.17) is 0 Å². The van der Waals surface area contributed by atoms with Gasteiger partial charge in [-0.1, -0.05) is 238 Å². The first kappa shape index (κ1) is 36.0. The van der Waals surface area contributed by atoms with Gasteiger partial charge in [0, 0.05) is 0 Å². The summed E-state index contributed by atoms with van der Waals surface area (Å²) in [6.07, 6.45) is 53.9. The van der Waals surface area contributed by atoms with Gasteiger partial charge in [-0.15, -0.1) is 0 Å². The van der Waals surface area contributed by atoms with Gasteiger partial charge in [-0.05, 0) is 5.92 Å². The Morgan fingerprint density at radius 2 is 0.474 bits per heavy atom. The van der Waals surface area contributed by atoms with Crippen LogP contribution in [-0.4, -0.2) is 0 Å². The summed E-state index contributed by atoms with van der Waals surface area (Å²) >= 11 is 0. The lowest BCUT2D eigenvalue weighted by atomic mass is 10.1. The molecule has 38 heavy (non-hydrogen) atoms. The van der Waals surface area contributed by atoms with E-state index in [-0.39, 0.29) is 0 Å². The van der Waals surface area contributed by atoms with Crippen LogP contribution in [0.25, 0.3) is 0 Å². The van der Waals surface area contributed by atoms with Crippen molar-refractivity contribution in [3.8, 4) is 0 Å². The number of unbranched alkanes of at least 4 members (excludes halogenated alkanes) is 2. The Balaban J connectivity index is 0.000000214. The van der Waals surface area contributed by atoms with E-state index in [2.05, 4.69) is 6.92 Å². The number of rotatable bonds is 4. The van der Waals surface area contributed by atoms with Crippen LogP contribution in [0.4, 0.5) is 0 Å². The summed E-state index contributed by atoms with van der Waals surface area (Å²) in [5.74, 6) is 1.15. The van der Waals surface area contributed by atoms with Gasteiger partial charge >= 0.3 is 0 Å². The van der Waals surface area contributed by atoms with Gasteiger partial charge < -0.3 is 0 Å². The first-order valence-corrected chi connectivity index (χ1v) is 18.9. The van der Waals surface area contributed by atoms with Gasteiger partial charge in [0.05, 0.1) is 0 Å². The topological polar surface area (TPSA) is 0 Å². The van der Waals surface area contributed by atoms with Crippen molar-refractivity contribution in [1.29, 1.82) is 0 Å². The molecule has 11 saturated carbocycles. The van der Waals surface area contributed by atoms with Crippen LogP contribution in [0, 0.1) is 5.92 Å². The zero-order valence-corrected chi connectivity index (χ0v) is 27.0. The largest absolute Gasteiger partial charge is 0.0654 e. The van der Waals surface area contributed by atoms with E-state index < -0.39 is 0 Å². The van der Waals surface area contributed by atoms with Crippen molar-refractivity contribution >= 4 is 0 Å². The fourth-order valence-electron chi connectivity index (χ4n) is 1.09. The minimum absolute atomic E-state index is 1.15. The molecule has 0 amide bonds. The SMILES string of the molecule is C1CC1.C1CC1.C1CC1.C1CC1.C1CC1.C1CC1.C1CC1.C1CC1.C1CC1.C1CC1.CCCCCC1CC1. The fourth-order valence-corrected chi connectivity index (χ4v) is 1.09. The van der Waals surface area contributed by atoms with Gasteiger partial charge in [0.1, 0.15) is 0 Å². The monoisotopic (exact) mass is 533 g/mol. The highest BCUT2D eigenvalue weighted by atomic mass is 14.2. The van der Waals surface area contributed by atoms with E-state index in [1.54, 1.807) is 0 Å². The molecule has 0 aromatic heterocycles. The standard InChI is InChI=1S/C8H16.10C3H6/c1-2-3-4-5-8-6-7-8;10*1-2-3-1/h8H,2-7H2,1H3;10*1-3H2. The smallest absolute Gasteiger partial charge is 0.0414 e. The molecule has 0 atom stereocenters. The van der Waals surface area contributed by atoms with Crippen molar-refractivity contribution in [2.75, 3.05) is 0 Å².